The van der Waals surface area contributed by atoms with Gasteiger partial charge < -0.3 is 5.11 Å². The van der Waals surface area contributed by atoms with E-state index in [1.54, 1.807) is 12.1 Å². The molecular weight excluding hydrogens is 278 g/mol. The second-order valence-corrected chi connectivity index (χ2v) is 5.03. The summed E-state index contributed by atoms with van der Waals surface area (Å²) in [5, 5.41) is 9.76. The van der Waals surface area contributed by atoms with Gasteiger partial charge in [-0.25, -0.2) is 8.42 Å². The summed E-state index contributed by atoms with van der Waals surface area (Å²) in [5.74, 6) is -0.867. The van der Waals surface area contributed by atoms with Crippen molar-refractivity contribution in [3.63, 3.8) is 0 Å². The van der Waals surface area contributed by atoms with Crippen LogP contribution in [0.5, 0.6) is 0 Å². The standard InChI is InChI=1S/C10H9NO4S.2C2H6/c1-6(12)9-10(13)7-4-2-3-5-8(7)16(14,15)11-9;2*1-2/h2-5,11,13H,1H3;2*1-2H3. The predicted octanol–water partition coefficient (Wildman–Crippen LogP) is 2.85. The molecule has 0 aliphatic carbocycles. The minimum absolute atomic E-state index is 0.0301. The van der Waals surface area contributed by atoms with Gasteiger partial charge in [-0.2, -0.15) is 0 Å². The van der Waals surface area contributed by atoms with Crippen molar-refractivity contribution in [3.05, 3.63) is 35.5 Å². The normalized spacial score (nSPS) is 14.7. The van der Waals surface area contributed by atoms with Gasteiger partial charge in [0.15, 0.2) is 11.5 Å². The van der Waals surface area contributed by atoms with E-state index in [1.165, 1.54) is 19.1 Å². The van der Waals surface area contributed by atoms with E-state index in [0.717, 1.165) is 0 Å². The highest BCUT2D eigenvalue weighted by molar-refractivity contribution is 7.89. The fraction of sp³-hybridized carbons (Fsp3) is 0.357. The number of hydrogen-bond donors (Lipinski definition) is 2. The van der Waals surface area contributed by atoms with Crippen LogP contribution >= 0.6 is 0 Å². The third-order valence-electron chi connectivity index (χ3n) is 2.26. The lowest BCUT2D eigenvalue weighted by Gasteiger charge is -2.19. The van der Waals surface area contributed by atoms with Crippen molar-refractivity contribution in [2.24, 2.45) is 0 Å². The number of rotatable bonds is 1. The Labute approximate surface area is 120 Å². The first-order valence-corrected chi connectivity index (χ1v) is 7.98. The Morgan fingerprint density at radius 1 is 1.10 bits per heavy atom. The minimum atomic E-state index is -3.76. The van der Waals surface area contributed by atoms with Crippen molar-refractivity contribution in [1.29, 1.82) is 0 Å². The van der Waals surface area contributed by atoms with Crippen LogP contribution in [0.1, 0.15) is 40.2 Å². The molecule has 0 unspecified atom stereocenters. The van der Waals surface area contributed by atoms with E-state index in [2.05, 4.69) is 4.72 Å². The molecule has 0 amide bonds. The van der Waals surface area contributed by atoms with Gasteiger partial charge in [0.2, 0.25) is 0 Å². The molecule has 112 valence electrons. The number of allylic oxidation sites excluding steroid dienone is 1. The zero-order chi connectivity index (χ0) is 15.9. The Kier molecular flexibility index (Phi) is 6.99. The van der Waals surface area contributed by atoms with Crippen LogP contribution in [0.4, 0.5) is 0 Å². The third kappa shape index (κ3) is 3.60. The molecule has 2 N–H and O–H groups in total. The molecule has 0 radical (unpaired) electrons. The zero-order valence-electron chi connectivity index (χ0n) is 12.4. The van der Waals surface area contributed by atoms with Gasteiger partial charge >= 0.3 is 0 Å². The smallest absolute Gasteiger partial charge is 0.262 e. The molecule has 0 aromatic heterocycles. The summed E-state index contributed by atoms with van der Waals surface area (Å²) in [6, 6.07) is 5.95. The molecule has 1 aromatic carbocycles. The van der Waals surface area contributed by atoms with Gasteiger partial charge in [-0.3, -0.25) is 9.52 Å². The van der Waals surface area contributed by atoms with Crippen molar-refractivity contribution in [3.8, 4) is 0 Å². The first kappa shape index (κ1) is 18.2. The van der Waals surface area contributed by atoms with Gasteiger partial charge in [-0.15, -0.1) is 0 Å². The molecule has 2 rings (SSSR count). The number of Topliss-reactive ketones (excluding diaryl/α,β-unsaturated/α-hetero) is 1. The molecule has 1 aliphatic rings. The number of ketones is 1. The van der Waals surface area contributed by atoms with E-state index >= 15 is 0 Å². The topological polar surface area (TPSA) is 83.5 Å². The fourth-order valence-electron chi connectivity index (χ4n) is 1.51. The number of benzene rings is 1. The molecule has 0 atom stereocenters. The Bertz CT molecular complexity index is 603. The van der Waals surface area contributed by atoms with Crippen molar-refractivity contribution in [2.75, 3.05) is 0 Å². The van der Waals surface area contributed by atoms with Crippen molar-refractivity contribution in [2.45, 2.75) is 39.5 Å². The lowest BCUT2D eigenvalue weighted by atomic mass is 10.1. The number of nitrogens with one attached hydrogen (secondary N) is 1. The molecular formula is C14H21NO4S. The summed E-state index contributed by atoms with van der Waals surface area (Å²) in [7, 11) is -3.76. The molecule has 6 heteroatoms. The van der Waals surface area contributed by atoms with Crippen LogP contribution in [0.3, 0.4) is 0 Å². The molecule has 0 bridgehead atoms. The molecule has 1 aromatic rings. The van der Waals surface area contributed by atoms with Crippen LogP contribution in [0, 0.1) is 0 Å². The number of carbonyl (C=O) groups excluding carboxylic acids is 1. The molecule has 1 aliphatic heterocycles. The number of aliphatic hydroxyl groups is 1. The molecule has 0 saturated heterocycles. The summed E-state index contributed by atoms with van der Waals surface area (Å²) in [5.41, 5.74) is -0.148. The molecule has 0 saturated carbocycles. The van der Waals surface area contributed by atoms with E-state index in [1.807, 2.05) is 27.7 Å². The lowest BCUT2D eigenvalue weighted by Crippen LogP contribution is -2.32. The maximum absolute atomic E-state index is 11.7. The van der Waals surface area contributed by atoms with E-state index in [0.29, 0.717) is 0 Å². The number of fused-ring (bicyclic) bond motifs is 1. The van der Waals surface area contributed by atoms with Crippen LogP contribution < -0.4 is 4.72 Å². The highest BCUT2D eigenvalue weighted by atomic mass is 32.2. The number of carbonyl (C=O) groups is 1. The number of aliphatic hydroxyl groups excluding tert-OH is 1. The van der Waals surface area contributed by atoms with Crippen LogP contribution in [0.15, 0.2) is 34.9 Å². The quantitative estimate of drug-likeness (QED) is 0.835. The van der Waals surface area contributed by atoms with E-state index in [4.69, 9.17) is 0 Å². The molecule has 5 nitrogen and oxygen atoms in total. The van der Waals surface area contributed by atoms with Gasteiger partial charge in [0.25, 0.3) is 10.0 Å². The first-order chi connectivity index (χ1) is 9.43. The van der Waals surface area contributed by atoms with Gasteiger partial charge in [-0.05, 0) is 12.1 Å². The number of sulfonamides is 1. The zero-order valence-corrected chi connectivity index (χ0v) is 13.2. The van der Waals surface area contributed by atoms with Crippen LogP contribution in [-0.4, -0.2) is 19.3 Å². The molecule has 20 heavy (non-hydrogen) atoms. The second-order valence-electron chi connectivity index (χ2n) is 3.38. The SMILES string of the molecule is CC.CC.CC(=O)C1=C(O)c2ccccc2S(=O)(=O)N1. The molecule has 0 spiro atoms. The Morgan fingerprint density at radius 2 is 1.60 bits per heavy atom. The van der Waals surface area contributed by atoms with E-state index in [9.17, 15) is 18.3 Å². The fourth-order valence-corrected chi connectivity index (χ4v) is 2.84. The lowest BCUT2D eigenvalue weighted by molar-refractivity contribution is -0.113. The van der Waals surface area contributed by atoms with Gasteiger partial charge in [-0.1, -0.05) is 39.8 Å². The summed E-state index contributed by atoms with van der Waals surface area (Å²) < 4.78 is 25.5. The maximum atomic E-state index is 11.7. The highest BCUT2D eigenvalue weighted by Crippen LogP contribution is 2.28. The van der Waals surface area contributed by atoms with Gasteiger partial charge in [0.05, 0.1) is 4.90 Å². The average Bonchev–Trinajstić information content (AvgIpc) is 2.47. The Balaban J connectivity index is 0.000000829. The third-order valence-corrected chi connectivity index (χ3v) is 3.66. The number of hydrogen-bond acceptors (Lipinski definition) is 4. The average molecular weight is 299 g/mol. The van der Waals surface area contributed by atoms with Crippen molar-refractivity contribution in [1.82, 2.24) is 4.72 Å². The summed E-state index contributed by atoms with van der Waals surface area (Å²) >= 11 is 0. The van der Waals surface area contributed by atoms with Crippen LogP contribution in [-0.2, 0) is 14.8 Å². The largest absolute Gasteiger partial charge is 0.505 e. The van der Waals surface area contributed by atoms with Crippen LogP contribution in [0.2, 0.25) is 0 Å². The minimum Gasteiger partial charge on any atom is -0.505 e. The summed E-state index contributed by atoms with van der Waals surface area (Å²) in [6.45, 7) is 9.18. The van der Waals surface area contributed by atoms with Gasteiger partial charge in [0.1, 0.15) is 5.70 Å². The van der Waals surface area contributed by atoms with E-state index in [-0.39, 0.29) is 21.9 Å². The van der Waals surface area contributed by atoms with Gasteiger partial charge in [0, 0.05) is 12.5 Å². The Hall–Kier alpha value is -1.82. The van der Waals surface area contributed by atoms with Crippen molar-refractivity contribution < 1.29 is 18.3 Å². The summed E-state index contributed by atoms with van der Waals surface area (Å²) in [4.78, 5) is 11.1. The monoisotopic (exact) mass is 299 g/mol. The first-order valence-electron chi connectivity index (χ1n) is 6.50. The highest BCUT2D eigenvalue weighted by Gasteiger charge is 2.30. The Morgan fingerprint density at radius 3 is 2.10 bits per heavy atom. The van der Waals surface area contributed by atoms with Crippen LogP contribution in [0.25, 0.3) is 5.76 Å². The predicted molar refractivity (Wildman–Crippen MR) is 79.7 cm³/mol. The van der Waals surface area contributed by atoms with Crippen molar-refractivity contribution >= 4 is 21.6 Å². The summed E-state index contributed by atoms with van der Waals surface area (Å²) in [6.07, 6.45) is 0. The van der Waals surface area contributed by atoms with E-state index < -0.39 is 15.8 Å². The second kappa shape index (κ2) is 7.69. The maximum Gasteiger partial charge on any atom is 0.262 e. The molecule has 0 fully saturated rings. The molecule has 1 heterocycles.